The highest BCUT2D eigenvalue weighted by Gasteiger charge is 2.31. The number of anilines is 1. The molecule has 1 aliphatic heterocycles. The van der Waals surface area contributed by atoms with Gasteiger partial charge in [0.2, 0.25) is 0 Å². The Bertz CT molecular complexity index is 734. The highest BCUT2D eigenvalue weighted by Crippen LogP contribution is 2.23. The molecule has 0 saturated heterocycles. The molecule has 1 amide bonds. The lowest BCUT2D eigenvalue weighted by Crippen LogP contribution is -2.38. The van der Waals surface area contributed by atoms with E-state index in [-0.39, 0.29) is 5.91 Å². The Balaban J connectivity index is 1.76. The van der Waals surface area contributed by atoms with Gasteiger partial charge >= 0.3 is 5.97 Å². The number of hydrogen-bond donors (Lipinski definition) is 1. The molecule has 0 spiro atoms. The molecule has 112 valence electrons. The maximum atomic E-state index is 12.3. The molecule has 0 radical (unpaired) electrons. The fourth-order valence-corrected chi connectivity index (χ4v) is 2.50. The van der Waals surface area contributed by atoms with Crippen LogP contribution in [0, 0.1) is 13.8 Å². The van der Waals surface area contributed by atoms with Gasteiger partial charge in [-0.1, -0.05) is 35.4 Å². The number of nitrogens with one attached hydrogen (secondary N) is 1. The average Bonchev–Trinajstić information content (AvgIpc) is 2.50. The summed E-state index contributed by atoms with van der Waals surface area (Å²) in [6.07, 6.45) is -0.386. The summed E-state index contributed by atoms with van der Waals surface area (Å²) in [6, 6.07) is 13.1. The van der Waals surface area contributed by atoms with Crippen LogP contribution in [0.15, 0.2) is 42.5 Å². The maximum absolute atomic E-state index is 12.3. The molecule has 0 fully saturated rings. The maximum Gasteiger partial charge on any atom is 0.339 e. The monoisotopic (exact) mass is 295 g/mol. The molecule has 22 heavy (non-hydrogen) atoms. The van der Waals surface area contributed by atoms with Crippen LogP contribution >= 0.6 is 0 Å². The number of carbonyl (C=O) groups excluding carboxylic acids is 2. The van der Waals surface area contributed by atoms with E-state index in [1.165, 1.54) is 0 Å². The topological polar surface area (TPSA) is 55.4 Å². The van der Waals surface area contributed by atoms with E-state index in [0.29, 0.717) is 17.7 Å². The van der Waals surface area contributed by atoms with Gasteiger partial charge in [-0.2, -0.15) is 0 Å². The molecular weight excluding hydrogens is 278 g/mol. The number of fused-ring (bicyclic) bond motifs is 1. The first-order valence-electron chi connectivity index (χ1n) is 7.21. The lowest BCUT2D eigenvalue weighted by molar-refractivity contribution is -0.125. The molecular formula is C18H17NO3. The predicted octanol–water partition coefficient (Wildman–Crippen LogP) is 3.02. The van der Waals surface area contributed by atoms with Crippen LogP contribution in [0.2, 0.25) is 0 Å². The molecule has 2 aromatic carbocycles. The third kappa shape index (κ3) is 2.86. The van der Waals surface area contributed by atoms with Crippen molar-refractivity contribution in [3.63, 3.8) is 0 Å². The van der Waals surface area contributed by atoms with Gasteiger partial charge in [0, 0.05) is 12.1 Å². The molecule has 2 aromatic rings. The first-order valence-corrected chi connectivity index (χ1v) is 7.21. The number of hydrogen-bond acceptors (Lipinski definition) is 3. The minimum atomic E-state index is -0.788. The number of esters is 1. The number of amides is 1. The van der Waals surface area contributed by atoms with Crippen LogP contribution in [0.1, 0.15) is 27.0 Å². The van der Waals surface area contributed by atoms with E-state index in [9.17, 15) is 9.59 Å². The van der Waals surface area contributed by atoms with Crippen molar-refractivity contribution < 1.29 is 14.3 Å². The number of rotatable bonds is 2. The highest BCUT2D eigenvalue weighted by molar-refractivity contribution is 6.00. The minimum Gasteiger partial charge on any atom is -0.448 e. The number of cyclic esters (lactones) is 1. The predicted molar refractivity (Wildman–Crippen MR) is 83.9 cm³/mol. The second kappa shape index (κ2) is 5.64. The largest absolute Gasteiger partial charge is 0.448 e. The van der Waals surface area contributed by atoms with Crippen LogP contribution in [-0.4, -0.2) is 18.0 Å². The number of aryl methyl sites for hydroxylation is 2. The lowest BCUT2D eigenvalue weighted by Gasteiger charge is -2.24. The van der Waals surface area contributed by atoms with Crippen LogP contribution in [0.5, 0.6) is 0 Å². The molecule has 0 saturated carbocycles. The Morgan fingerprint density at radius 3 is 2.50 bits per heavy atom. The van der Waals surface area contributed by atoms with Gasteiger partial charge in [0.25, 0.3) is 5.91 Å². The molecule has 0 aromatic heterocycles. The van der Waals surface area contributed by atoms with E-state index < -0.39 is 12.1 Å². The fraction of sp³-hybridized carbons (Fsp3) is 0.222. The molecule has 0 aliphatic carbocycles. The van der Waals surface area contributed by atoms with Crippen LogP contribution < -0.4 is 5.32 Å². The summed E-state index contributed by atoms with van der Waals surface area (Å²) < 4.78 is 5.27. The van der Waals surface area contributed by atoms with Crippen molar-refractivity contribution in [3.8, 4) is 0 Å². The smallest absolute Gasteiger partial charge is 0.339 e. The minimum absolute atomic E-state index is 0.302. The molecule has 1 heterocycles. The van der Waals surface area contributed by atoms with Crippen molar-refractivity contribution >= 4 is 17.6 Å². The summed E-state index contributed by atoms with van der Waals surface area (Å²) in [5.41, 5.74) is 4.22. The Morgan fingerprint density at radius 1 is 1.09 bits per heavy atom. The van der Waals surface area contributed by atoms with Crippen molar-refractivity contribution in [1.82, 2.24) is 0 Å². The molecule has 1 N–H and O–H groups in total. The van der Waals surface area contributed by atoms with E-state index in [1.54, 1.807) is 6.07 Å². The highest BCUT2D eigenvalue weighted by atomic mass is 16.5. The molecule has 1 aliphatic rings. The van der Waals surface area contributed by atoms with Crippen LogP contribution in [0.3, 0.4) is 0 Å². The van der Waals surface area contributed by atoms with Gasteiger partial charge in [0.05, 0.1) is 5.56 Å². The van der Waals surface area contributed by atoms with E-state index in [2.05, 4.69) is 5.32 Å². The van der Waals surface area contributed by atoms with Crippen molar-refractivity contribution in [2.24, 2.45) is 0 Å². The summed E-state index contributed by atoms with van der Waals surface area (Å²) in [6.45, 7) is 3.90. The Kier molecular flexibility index (Phi) is 3.67. The summed E-state index contributed by atoms with van der Waals surface area (Å²) in [5.74, 6) is -0.738. The van der Waals surface area contributed by atoms with E-state index in [0.717, 1.165) is 16.7 Å². The van der Waals surface area contributed by atoms with Gasteiger partial charge < -0.3 is 10.1 Å². The molecule has 4 heteroatoms. The van der Waals surface area contributed by atoms with Gasteiger partial charge in [-0.05, 0) is 37.6 Å². The van der Waals surface area contributed by atoms with E-state index in [1.807, 2.05) is 50.2 Å². The van der Waals surface area contributed by atoms with Gasteiger partial charge in [0.15, 0.2) is 6.10 Å². The fourth-order valence-electron chi connectivity index (χ4n) is 2.50. The van der Waals surface area contributed by atoms with Crippen molar-refractivity contribution in [2.45, 2.75) is 26.4 Å². The van der Waals surface area contributed by atoms with E-state index in [4.69, 9.17) is 4.74 Å². The summed E-state index contributed by atoms with van der Waals surface area (Å²) in [7, 11) is 0. The summed E-state index contributed by atoms with van der Waals surface area (Å²) in [5, 5.41) is 2.79. The van der Waals surface area contributed by atoms with E-state index >= 15 is 0 Å². The molecule has 4 nitrogen and oxygen atoms in total. The molecule has 3 rings (SSSR count). The van der Waals surface area contributed by atoms with Gasteiger partial charge in [-0.15, -0.1) is 0 Å². The number of carbonyl (C=O) groups is 2. The van der Waals surface area contributed by atoms with Crippen molar-refractivity contribution in [2.75, 3.05) is 5.32 Å². The van der Waals surface area contributed by atoms with Gasteiger partial charge in [-0.3, -0.25) is 4.79 Å². The average molecular weight is 295 g/mol. The Labute approximate surface area is 129 Å². The molecule has 1 atom stereocenters. The lowest BCUT2D eigenvalue weighted by atomic mass is 9.96. The zero-order chi connectivity index (χ0) is 15.7. The Morgan fingerprint density at radius 2 is 1.77 bits per heavy atom. The van der Waals surface area contributed by atoms with Crippen molar-refractivity contribution in [1.29, 1.82) is 0 Å². The quantitative estimate of drug-likeness (QED) is 0.866. The van der Waals surface area contributed by atoms with Crippen LogP contribution in [0.4, 0.5) is 5.69 Å². The van der Waals surface area contributed by atoms with Gasteiger partial charge in [0.1, 0.15) is 0 Å². The first kappa shape index (κ1) is 14.3. The summed E-state index contributed by atoms with van der Waals surface area (Å²) >= 11 is 0. The van der Waals surface area contributed by atoms with Gasteiger partial charge in [-0.25, -0.2) is 4.79 Å². The number of benzene rings is 2. The molecule has 0 bridgehead atoms. The number of ether oxygens (including phenoxy) is 1. The first-order chi connectivity index (χ1) is 10.5. The summed E-state index contributed by atoms with van der Waals surface area (Å²) in [4.78, 5) is 24.3. The Hall–Kier alpha value is -2.62. The third-order valence-corrected chi connectivity index (χ3v) is 3.75. The SMILES string of the molecule is Cc1ccc(NC(=O)[C@H]2Cc3ccc(C)cc3C(=O)O2)cc1. The second-order valence-electron chi connectivity index (χ2n) is 5.61. The molecule has 0 unspecified atom stereocenters. The third-order valence-electron chi connectivity index (χ3n) is 3.75. The van der Waals surface area contributed by atoms with Crippen LogP contribution in [-0.2, 0) is 16.0 Å². The standard InChI is InChI=1S/C18H17NO3/c1-11-4-7-14(8-5-11)19-17(20)16-10-13-6-3-12(2)9-15(13)18(21)22-16/h3-9,16H,10H2,1-2H3,(H,19,20)/t16-/m1/s1. The zero-order valence-electron chi connectivity index (χ0n) is 12.6. The zero-order valence-corrected chi connectivity index (χ0v) is 12.6. The normalized spacial score (nSPS) is 16.6. The van der Waals surface area contributed by atoms with Crippen molar-refractivity contribution in [3.05, 3.63) is 64.7 Å². The van der Waals surface area contributed by atoms with Crippen LogP contribution in [0.25, 0.3) is 0 Å². The second-order valence-corrected chi connectivity index (χ2v) is 5.61.